The van der Waals surface area contributed by atoms with E-state index in [9.17, 15) is 22.6 Å². The normalized spacial score (nSPS) is 12.0. The van der Waals surface area contributed by atoms with Crippen LogP contribution in [0, 0.1) is 6.57 Å². The molecule has 0 aliphatic rings. The standard InChI is InChI=1S/C15H14N4O6S/c1-16-9-3-4-11(13(6-9)26(22,23)24)14(20)19-12(15(21)25-2)5-10-7-17-8-18-10/h1,3-4,6-8,12H,5H2,2H3,(H2-,17,18,19,20,22,23,24)/p+1/t12-/m1/s1. The maximum absolute atomic E-state index is 12.5. The van der Waals surface area contributed by atoms with E-state index < -0.39 is 32.9 Å². The van der Waals surface area contributed by atoms with Crippen molar-refractivity contribution in [2.24, 2.45) is 0 Å². The maximum atomic E-state index is 12.5. The molecule has 0 saturated heterocycles. The van der Waals surface area contributed by atoms with Gasteiger partial charge in [-0.05, 0) is 10.9 Å². The van der Waals surface area contributed by atoms with Crippen molar-refractivity contribution in [2.45, 2.75) is 17.4 Å². The highest BCUT2D eigenvalue weighted by Gasteiger charge is 2.28. The van der Waals surface area contributed by atoms with Crippen LogP contribution >= 0.6 is 0 Å². The molecule has 0 fully saturated rings. The van der Waals surface area contributed by atoms with E-state index in [0.29, 0.717) is 5.69 Å². The molecule has 0 bridgehead atoms. The summed E-state index contributed by atoms with van der Waals surface area (Å²) in [6, 6.07) is 2.23. The first kappa shape index (κ1) is 19.1. The molecule has 1 amide bonds. The molecule has 0 aliphatic carbocycles. The summed E-state index contributed by atoms with van der Waals surface area (Å²) in [7, 11) is -3.58. The van der Waals surface area contributed by atoms with E-state index in [1.807, 2.05) is 0 Å². The Morgan fingerprint density at radius 2 is 2.19 bits per heavy atom. The van der Waals surface area contributed by atoms with Gasteiger partial charge in [-0.1, -0.05) is 0 Å². The van der Waals surface area contributed by atoms with Gasteiger partial charge in [0.05, 0.1) is 25.1 Å². The number of nitrogens with one attached hydrogen (secondary N) is 2. The number of methoxy groups -OCH3 is 1. The number of hydrogen-bond donors (Lipinski definition) is 3. The molecule has 26 heavy (non-hydrogen) atoms. The van der Waals surface area contributed by atoms with Crippen LogP contribution in [0.25, 0.3) is 4.85 Å². The van der Waals surface area contributed by atoms with Crippen molar-refractivity contribution in [2.75, 3.05) is 7.11 Å². The van der Waals surface area contributed by atoms with Gasteiger partial charge in [0.15, 0.2) is 0 Å². The van der Waals surface area contributed by atoms with E-state index in [1.54, 1.807) is 0 Å². The fourth-order valence-corrected chi connectivity index (χ4v) is 2.89. The van der Waals surface area contributed by atoms with Crippen molar-refractivity contribution in [3.63, 3.8) is 0 Å². The fraction of sp³-hybridized carbons (Fsp3) is 0.200. The number of amides is 1. The molecule has 0 saturated carbocycles. The van der Waals surface area contributed by atoms with E-state index in [4.69, 9.17) is 6.57 Å². The summed E-state index contributed by atoms with van der Waals surface area (Å²) in [4.78, 5) is 33.6. The van der Waals surface area contributed by atoms with E-state index >= 15 is 0 Å². The number of hydrogen-bond acceptors (Lipinski definition) is 6. The minimum Gasteiger partial charge on any atom is -0.467 e. The highest BCUT2D eigenvalue weighted by Crippen LogP contribution is 2.23. The Hall–Kier alpha value is -3.23. The number of aromatic nitrogens is 2. The minimum absolute atomic E-state index is 0.0375. The van der Waals surface area contributed by atoms with E-state index in [0.717, 1.165) is 19.2 Å². The molecule has 2 aromatic rings. The lowest BCUT2D eigenvalue weighted by Gasteiger charge is -2.16. The predicted octanol–water partition coefficient (Wildman–Crippen LogP) is 0.765. The molecule has 2 rings (SSSR count). The number of carbonyl (C=O) groups excluding carboxylic acids is 2. The van der Waals surface area contributed by atoms with Gasteiger partial charge in [0.2, 0.25) is 0 Å². The first-order chi connectivity index (χ1) is 12.3. The third kappa shape index (κ3) is 4.44. The molecule has 1 aromatic heterocycles. The van der Waals surface area contributed by atoms with Crippen LogP contribution < -0.4 is 5.32 Å². The zero-order valence-corrected chi connectivity index (χ0v) is 14.4. The van der Waals surface area contributed by atoms with Crippen LogP contribution in [0.1, 0.15) is 16.1 Å². The minimum atomic E-state index is -4.73. The van der Waals surface area contributed by atoms with E-state index in [2.05, 4.69) is 24.9 Å². The summed E-state index contributed by atoms with van der Waals surface area (Å²) < 4.78 is 37.1. The Bertz CT molecular complexity index is 963. The molecular weight excluding hydrogens is 364 g/mol. The molecule has 11 heteroatoms. The average Bonchev–Trinajstić information content (AvgIpc) is 3.12. The number of ether oxygens (including phenoxy) is 1. The van der Waals surface area contributed by atoms with Crippen LogP contribution in [0.4, 0.5) is 5.69 Å². The summed E-state index contributed by atoms with van der Waals surface area (Å²) in [5.41, 5.74) is 0.211. The second-order valence-electron chi connectivity index (χ2n) is 5.11. The molecule has 1 heterocycles. The largest absolute Gasteiger partial charge is 0.467 e. The molecule has 0 unspecified atom stereocenters. The van der Waals surface area contributed by atoms with Gasteiger partial charge in [-0.25, -0.2) is 9.78 Å². The molecule has 0 aliphatic heterocycles. The zero-order valence-electron chi connectivity index (χ0n) is 13.5. The van der Waals surface area contributed by atoms with Gasteiger partial charge in [0, 0.05) is 24.4 Å². The predicted molar refractivity (Wildman–Crippen MR) is 89.8 cm³/mol. The van der Waals surface area contributed by atoms with Crippen molar-refractivity contribution in [1.82, 2.24) is 15.3 Å². The van der Waals surface area contributed by atoms with Gasteiger partial charge in [0.25, 0.3) is 22.6 Å². The van der Waals surface area contributed by atoms with Gasteiger partial charge >= 0.3 is 11.7 Å². The van der Waals surface area contributed by atoms with Crippen LogP contribution in [0.3, 0.4) is 0 Å². The van der Waals surface area contributed by atoms with Gasteiger partial charge in [-0.2, -0.15) is 8.42 Å². The number of H-pyrrole nitrogens is 1. The summed E-state index contributed by atoms with van der Waals surface area (Å²) in [5.74, 6) is -1.65. The topological polar surface area (TPSA) is 143 Å². The average molecular weight is 379 g/mol. The summed E-state index contributed by atoms with van der Waals surface area (Å²) >= 11 is 0. The summed E-state index contributed by atoms with van der Waals surface area (Å²) in [6.07, 6.45) is 2.90. The molecule has 1 aromatic carbocycles. The van der Waals surface area contributed by atoms with E-state index in [1.165, 1.54) is 18.6 Å². The molecule has 1 atom stereocenters. The SMILES string of the molecule is C#[N+]c1ccc(C(=O)N[C@H](Cc2cnc[nH]2)C(=O)OC)c(S(=O)(=O)O)c1. The molecule has 0 radical (unpaired) electrons. The first-order valence-corrected chi connectivity index (χ1v) is 8.58. The number of aromatic amines is 1. The molecule has 3 N–H and O–H groups in total. The Morgan fingerprint density at radius 1 is 1.46 bits per heavy atom. The van der Waals surface area contributed by atoms with Crippen LogP contribution in [0.15, 0.2) is 35.6 Å². The van der Waals surface area contributed by atoms with Crippen LogP contribution in [-0.2, 0) is 26.1 Å². The lowest BCUT2D eigenvalue weighted by atomic mass is 10.1. The van der Waals surface area contributed by atoms with E-state index in [-0.39, 0.29) is 17.7 Å². The lowest BCUT2D eigenvalue weighted by Crippen LogP contribution is -2.43. The van der Waals surface area contributed by atoms with Crippen molar-refractivity contribution in [3.8, 4) is 6.57 Å². The number of benzene rings is 1. The molecule has 10 nitrogen and oxygen atoms in total. The highest BCUT2D eigenvalue weighted by molar-refractivity contribution is 7.86. The second-order valence-corrected chi connectivity index (χ2v) is 6.50. The zero-order chi connectivity index (χ0) is 19.3. The first-order valence-electron chi connectivity index (χ1n) is 7.14. The molecule has 136 valence electrons. The van der Waals surface area contributed by atoms with Crippen molar-refractivity contribution in [3.05, 3.63) is 46.8 Å². The van der Waals surface area contributed by atoms with Gasteiger partial charge in [0.1, 0.15) is 10.9 Å². The Morgan fingerprint density at radius 3 is 2.73 bits per heavy atom. The summed E-state index contributed by atoms with van der Waals surface area (Å²) in [6.45, 7) is 5.08. The lowest BCUT2D eigenvalue weighted by molar-refractivity contribution is -0.142. The van der Waals surface area contributed by atoms with Crippen LogP contribution in [-0.4, -0.2) is 48.0 Å². The monoisotopic (exact) mass is 379 g/mol. The van der Waals surface area contributed by atoms with Crippen LogP contribution in [0.2, 0.25) is 0 Å². The fourth-order valence-electron chi connectivity index (χ4n) is 2.18. The quantitative estimate of drug-likeness (QED) is 0.497. The molecule has 0 spiro atoms. The van der Waals surface area contributed by atoms with Gasteiger partial charge in [-0.15, -0.1) is 0 Å². The maximum Gasteiger partial charge on any atom is 0.341 e. The third-order valence-corrected chi connectivity index (χ3v) is 4.30. The van der Waals surface area contributed by atoms with Crippen molar-refractivity contribution >= 4 is 27.7 Å². The number of carbonyl (C=O) groups is 2. The number of rotatable bonds is 6. The Balaban J connectivity index is 2.35. The van der Waals surface area contributed by atoms with Crippen molar-refractivity contribution in [1.29, 1.82) is 0 Å². The second kappa shape index (κ2) is 7.77. The number of nitrogens with zero attached hydrogens (tertiary/aromatic N) is 2. The number of esters is 1. The highest BCUT2D eigenvalue weighted by atomic mass is 32.2. The summed E-state index contributed by atoms with van der Waals surface area (Å²) in [5, 5.41) is 2.37. The third-order valence-electron chi connectivity index (χ3n) is 3.41. The Kier molecular flexibility index (Phi) is 5.71. The Labute approximate surface area is 148 Å². The van der Waals surface area contributed by atoms with Crippen molar-refractivity contribution < 1.29 is 27.3 Å². The van der Waals surface area contributed by atoms with Gasteiger partial charge in [-0.3, -0.25) is 9.35 Å². The van der Waals surface area contributed by atoms with Crippen LogP contribution in [0.5, 0.6) is 0 Å². The smallest absolute Gasteiger partial charge is 0.341 e. The van der Waals surface area contributed by atoms with Gasteiger partial charge < -0.3 is 15.0 Å². The number of imidazole rings is 1. The molecular formula is C15H15N4O6S+.